The zero-order chi connectivity index (χ0) is 11.0. The van der Waals surface area contributed by atoms with E-state index >= 15 is 0 Å². The summed E-state index contributed by atoms with van der Waals surface area (Å²) in [5, 5.41) is 0. The summed E-state index contributed by atoms with van der Waals surface area (Å²) >= 11 is 0. The van der Waals surface area contributed by atoms with Crippen LogP contribution >= 0.6 is 0 Å². The van der Waals surface area contributed by atoms with Gasteiger partial charge in [-0.3, -0.25) is 0 Å². The van der Waals surface area contributed by atoms with Crippen molar-refractivity contribution in [2.24, 2.45) is 0 Å². The zero-order valence-corrected chi connectivity index (χ0v) is 8.84. The molecule has 1 aromatic carbocycles. The van der Waals surface area contributed by atoms with Gasteiger partial charge in [0, 0.05) is 5.69 Å². The van der Waals surface area contributed by atoms with Gasteiger partial charge in [-0.1, -0.05) is 12.1 Å². The number of fused-ring (bicyclic) bond motifs is 1. The summed E-state index contributed by atoms with van der Waals surface area (Å²) in [7, 11) is 0. The highest BCUT2D eigenvalue weighted by Crippen LogP contribution is 2.25. The fourth-order valence-electron chi connectivity index (χ4n) is 2.05. The molecule has 4 heteroatoms. The minimum atomic E-state index is 0.215. The molecule has 1 atom stereocenters. The average molecular weight is 215 g/mol. The van der Waals surface area contributed by atoms with E-state index in [2.05, 4.69) is 9.55 Å². The molecule has 2 aromatic rings. The van der Waals surface area contributed by atoms with E-state index in [1.165, 1.54) is 5.56 Å². The molecular formula is C12H13N3O. The van der Waals surface area contributed by atoms with Gasteiger partial charge in [0.25, 0.3) is 0 Å². The second kappa shape index (κ2) is 3.64. The van der Waals surface area contributed by atoms with Crippen LogP contribution in [0, 0.1) is 0 Å². The Morgan fingerprint density at radius 2 is 2.12 bits per heavy atom. The SMILES string of the molecule is Nc1ccc(C2COCc3cncn32)cc1. The van der Waals surface area contributed by atoms with Crippen LogP contribution in [0.2, 0.25) is 0 Å². The van der Waals surface area contributed by atoms with Crippen LogP contribution in [0.5, 0.6) is 0 Å². The molecule has 16 heavy (non-hydrogen) atoms. The third-order valence-electron chi connectivity index (χ3n) is 2.93. The van der Waals surface area contributed by atoms with E-state index in [-0.39, 0.29) is 6.04 Å². The van der Waals surface area contributed by atoms with Gasteiger partial charge in [0.1, 0.15) is 0 Å². The Balaban J connectivity index is 2.00. The third kappa shape index (κ3) is 1.47. The van der Waals surface area contributed by atoms with Crippen LogP contribution in [0.1, 0.15) is 17.3 Å². The van der Waals surface area contributed by atoms with E-state index in [0.717, 1.165) is 11.4 Å². The summed E-state index contributed by atoms with van der Waals surface area (Å²) < 4.78 is 7.72. The maximum Gasteiger partial charge on any atom is 0.0955 e. The number of nitrogens with zero attached hydrogens (tertiary/aromatic N) is 2. The highest BCUT2D eigenvalue weighted by atomic mass is 16.5. The molecule has 2 N–H and O–H groups in total. The average Bonchev–Trinajstić information content (AvgIpc) is 2.78. The van der Waals surface area contributed by atoms with Crippen molar-refractivity contribution in [1.82, 2.24) is 9.55 Å². The molecule has 0 amide bonds. The van der Waals surface area contributed by atoms with Crippen molar-refractivity contribution in [1.29, 1.82) is 0 Å². The molecule has 3 rings (SSSR count). The van der Waals surface area contributed by atoms with Crippen LogP contribution in [-0.2, 0) is 11.3 Å². The molecule has 1 aromatic heterocycles. The number of anilines is 1. The molecule has 0 spiro atoms. The first-order valence-electron chi connectivity index (χ1n) is 5.28. The van der Waals surface area contributed by atoms with Crippen molar-refractivity contribution in [3.63, 3.8) is 0 Å². The molecule has 82 valence electrons. The van der Waals surface area contributed by atoms with Crippen LogP contribution in [-0.4, -0.2) is 16.2 Å². The maximum atomic E-state index is 5.68. The fourth-order valence-corrected chi connectivity index (χ4v) is 2.05. The summed E-state index contributed by atoms with van der Waals surface area (Å²) in [5.41, 5.74) is 8.78. The molecule has 0 saturated heterocycles. The van der Waals surface area contributed by atoms with Crippen molar-refractivity contribution in [2.45, 2.75) is 12.6 Å². The van der Waals surface area contributed by atoms with Gasteiger partial charge in [-0.05, 0) is 17.7 Å². The first-order chi connectivity index (χ1) is 7.84. The predicted octanol–water partition coefficient (Wildman–Crippen LogP) is 1.58. The lowest BCUT2D eigenvalue weighted by atomic mass is 10.1. The monoisotopic (exact) mass is 215 g/mol. The topological polar surface area (TPSA) is 53.1 Å². The van der Waals surface area contributed by atoms with Crippen LogP contribution in [0.4, 0.5) is 5.69 Å². The van der Waals surface area contributed by atoms with Crippen LogP contribution in [0.25, 0.3) is 0 Å². The second-order valence-electron chi connectivity index (χ2n) is 3.99. The van der Waals surface area contributed by atoms with Crippen molar-refractivity contribution in [3.05, 3.63) is 48.0 Å². The van der Waals surface area contributed by atoms with Crippen LogP contribution < -0.4 is 5.73 Å². The summed E-state index contributed by atoms with van der Waals surface area (Å²) in [6.45, 7) is 1.33. The molecule has 0 bridgehead atoms. The Morgan fingerprint density at radius 1 is 1.31 bits per heavy atom. The number of ether oxygens (including phenoxy) is 1. The Morgan fingerprint density at radius 3 is 2.94 bits per heavy atom. The van der Waals surface area contributed by atoms with Crippen LogP contribution in [0.3, 0.4) is 0 Å². The number of rotatable bonds is 1. The zero-order valence-electron chi connectivity index (χ0n) is 8.84. The highest BCUT2D eigenvalue weighted by Gasteiger charge is 2.21. The number of hydrogen-bond acceptors (Lipinski definition) is 3. The van der Waals surface area contributed by atoms with Gasteiger partial charge in [0.2, 0.25) is 0 Å². The lowest BCUT2D eigenvalue weighted by molar-refractivity contribution is 0.0696. The Labute approximate surface area is 93.7 Å². The number of benzene rings is 1. The van der Waals surface area contributed by atoms with Crippen molar-refractivity contribution >= 4 is 5.69 Å². The standard InChI is InChI=1S/C12H13N3O/c13-10-3-1-9(2-4-10)12-7-16-6-11-5-14-8-15(11)12/h1-5,8,12H,6-7,13H2. The van der Waals surface area contributed by atoms with E-state index in [0.29, 0.717) is 13.2 Å². The molecule has 0 fully saturated rings. The van der Waals surface area contributed by atoms with E-state index in [1.54, 1.807) is 0 Å². The van der Waals surface area contributed by atoms with Crippen molar-refractivity contribution in [3.8, 4) is 0 Å². The van der Waals surface area contributed by atoms with Gasteiger partial charge in [-0.2, -0.15) is 0 Å². The third-order valence-corrected chi connectivity index (χ3v) is 2.93. The fraction of sp³-hybridized carbons (Fsp3) is 0.250. The van der Waals surface area contributed by atoms with Crippen molar-refractivity contribution in [2.75, 3.05) is 12.3 Å². The lowest BCUT2D eigenvalue weighted by Gasteiger charge is -2.26. The number of imidazole rings is 1. The summed E-state index contributed by atoms with van der Waals surface area (Å²) in [5.74, 6) is 0. The van der Waals surface area contributed by atoms with E-state index < -0.39 is 0 Å². The Bertz CT molecular complexity index is 489. The normalized spacial score (nSPS) is 19.4. The number of nitrogen functional groups attached to an aromatic ring is 1. The minimum absolute atomic E-state index is 0.215. The molecule has 1 aliphatic rings. The van der Waals surface area contributed by atoms with Gasteiger partial charge in [-0.15, -0.1) is 0 Å². The molecule has 0 radical (unpaired) electrons. The smallest absolute Gasteiger partial charge is 0.0955 e. The second-order valence-corrected chi connectivity index (χ2v) is 3.99. The molecule has 2 heterocycles. The summed E-state index contributed by atoms with van der Waals surface area (Å²) in [4.78, 5) is 4.16. The van der Waals surface area contributed by atoms with Crippen molar-refractivity contribution < 1.29 is 4.74 Å². The molecule has 1 unspecified atom stereocenters. The molecular weight excluding hydrogens is 202 g/mol. The van der Waals surface area contributed by atoms with Gasteiger partial charge < -0.3 is 15.0 Å². The molecule has 0 aliphatic carbocycles. The van der Waals surface area contributed by atoms with Gasteiger partial charge >= 0.3 is 0 Å². The van der Waals surface area contributed by atoms with E-state index in [9.17, 15) is 0 Å². The largest absolute Gasteiger partial charge is 0.399 e. The number of aromatic nitrogens is 2. The van der Waals surface area contributed by atoms with Gasteiger partial charge in [-0.25, -0.2) is 4.98 Å². The first-order valence-corrected chi connectivity index (χ1v) is 5.28. The van der Waals surface area contributed by atoms with E-state index in [4.69, 9.17) is 10.5 Å². The minimum Gasteiger partial charge on any atom is -0.399 e. The highest BCUT2D eigenvalue weighted by molar-refractivity contribution is 5.40. The Kier molecular flexibility index (Phi) is 2.15. The van der Waals surface area contributed by atoms with Crippen LogP contribution in [0.15, 0.2) is 36.8 Å². The number of nitrogens with two attached hydrogens (primary N) is 1. The number of hydrogen-bond donors (Lipinski definition) is 1. The summed E-state index contributed by atoms with van der Waals surface area (Å²) in [6, 6.07) is 8.13. The lowest BCUT2D eigenvalue weighted by Crippen LogP contribution is -2.23. The quantitative estimate of drug-likeness (QED) is 0.735. The molecule has 0 saturated carbocycles. The van der Waals surface area contributed by atoms with E-state index in [1.807, 2.05) is 36.8 Å². The first kappa shape index (κ1) is 9.42. The van der Waals surface area contributed by atoms with Gasteiger partial charge in [0.15, 0.2) is 0 Å². The summed E-state index contributed by atoms with van der Waals surface area (Å²) in [6.07, 6.45) is 3.71. The predicted molar refractivity (Wildman–Crippen MR) is 60.9 cm³/mol. The Hall–Kier alpha value is -1.81. The van der Waals surface area contributed by atoms with Gasteiger partial charge in [0.05, 0.1) is 37.5 Å². The maximum absolute atomic E-state index is 5.68. The molecule has 4 nitrogen and oxygen atoms in total. The molecule has 1 aliphatic heterocycles.